The van der Waals surface area contributed by atoms with Gasteiger partial charge in [-0.25, -0.2) is 4.39 Å². The molecule has 0 saturated heterocycles. The van der Waals surface area contributed by atoms with Gasteiger partial charge in [-0.2, -0.15) is 0 Å². The van der Waals surface area contributed by atoms with Crippen molar-refractivity contribution in [3.63, 3.8) is 0 Å². The smallest absolute Gasteiger partial charge is 0.221 e. The van der Waals surface area contributed by atoms with Crippen LogP contribution in [0, 0.1) is 5.82 Å². The number of hydrogen-bond acceptors (Lipinski definition) is 3. The summed E-state index contributed by atoms with van der Waals surface area (Å²) < 4.78 is 14.7. The first-order chi connectivity index (χ1) is 9.06. The lowest BCUT2D eigenvalue weighted by Gasteiger charge is -2.09. The molecule has 0 bridgehead atoms. The molecule has 0 aliphatic carbocycles. The number of benzene rings is 1. The minimum absolute atomic E-state index is 0.182. The third kappa shape index (κ3) is 3.78. The maximum Gasteiger partial charge on any atom is 0.221 e. The Morgan fingerprint density at radius 2 is 2.21 bits per heavy atom. The highest BCUT2D eigenvalue weighted by atomic mass is 79.9. The molecule has 6 heteroatoms. The number of anilines is 2. The number of amides is 1. The molecule has 0 fully saturated rings. The molecule has 100 valence electrons. The van der Waals surface area contributed by atoms with E-state index in [9.17, 15) is 9.18 Å². The molecule has 0 aliphatic rings. The Kier molecular flexibility index (Phi) is 4.55. The van der Waals surface area contributed by atoms with Crippen molar-refractivity contribution >= 4 is 44.5 Å². The van der Waals surface area contributed by atoms with Crippen LogP contribution in [-0.4, -0.2) is 5.91 Å². The monoisotopic (exact) mass is 342 g/mol. The van der Waals surface area contributed by atoms with Crippen LogP contribution in [0.4, 0.5) is 15.8 Å². The van der Waals surface area contributed by atoms with Crippen LogP contribution in [0.15, 0.2) is 34.1 Å². The number of halogens is 2. The van der Waals surface area contributed by atoms with Crippen molar-refractivity contribution < 1.29 is 9.18 Å². The zero-order valence-electron chi connectivity index (χ0n) is 10.2. The van der Waals surface area contributed by atoms with E-state index in [4.69, 9.17) is 0 Å². The summed E-state index contributed by atoms with van der Waals surface area (Å²) in [5.41, 5.74) is 0.938. The lowest BCUT2D eigenvalue weighted by molar-refractivity contribution is -0.114. The van der Waals surface area contributed by atoms with Gasteiger partial charge in [0.25, 0.3) is 0 Å². The molecule has 2 aromatic rings. The van der Waals surface area contributed by atoms with Crippen molar-refractivity contribution in [3.8, 4) is 0 Å². The molecule has 0 radical (unpaired) electrons. The fraction of sp³-hybridized carbons (Fsp3) is 0.154. The van der Waals surface area contributed by atoms with Gasteiger partial charge in [0.15, 0.2) is 0 Å². The fourth-order valence-corrected chi connectivity index (χ4v) is 3.00. The first kappa shape index (κ1) is 14.0. The molecule has 0 aliphatic heterocycles. The molecule has 0 unspecified atom stereocenters. The quantitative estimate of drug-likeness (QED) is 0.873. The molecule has 2 rings (SSSR count). The predicted molar refractivity (Wildman–Crippen MR) is 80.0 cm³/mol. The highest BCUT2D eigenvalue weighted by Gasteiger charge is 2.06. The molecule has 3 nitrogen and oxygen atoms in total. The van der Waals surface area contributed by atoms with Gasteiger partial charge in [0.1, 0.15) is 5.82 Å². The van der Waals surface area contributed by atoms with E-state index in [1.807, 2.05) is 11.4 Å². The summed E-state index contributed by atoms with van der Waals surface area (Å²) in [5, 5.41) is 7.61. The van der Waals surface area contributed by atoms with E-state index in [0.717, 1.165) is 9.35 Å². The fourth-order valence-electron chi connectivity index (χ4n) is 1.57. The first-order valence-corrected chi connectivity index (χ1v) is 7.26. The van der Waals surface area contributed by atoms with E-state index < -0.39 is 0 Å². The summed E-state index contributed by atoms with van der Waals surface area (Å²) in [4.78, 5) is 12.1. The molecule has 1 heterocycles. The average molecular weight is 343 g/mol. The minimum atomic E-state index is -0.346. The van der Waals surface area contributed by atoms with Crippen LogP contribution in [0.1, 0.15) is 11.8 Å². The minimum Gasteiger partial charge on any atom is -0.378 e. The second-order valence-corrected chi connectivity index (χ2v) is 5.78. The molecule has 1 amide bonds. The van der Waals surface area contributed by atoms with E-state index in [1.54, 1.807) is 17.4 Å². The topological polar surface area (TPSA) is 41.1 Å². The van der Waals surface area contributed by atoms with Crippen LogP contribution in [0.5, 0.6) is 0 Å². The van der Waals surface area contributed by atoms with E-state index in [0.29, 0.717) is 17.9 Å². The standard InChI is InChI=1S/C13H12BrFN2OS/c1-8(18)17-9-2-3-11(15)12(6-9)16-7-13-10(14)4-5-19-13/h2-6,16H,7H2,1H3,(H,17,18). The van der Waals surface area contributed by atoms with E-state index in [1.165, 1.54) is 19.1 Å². The molecule has 0 spiro atoms. The second-order valence-electron chi connectivity index (χ2n) is 3.92. The van der Waals surface area contributed by atoms with Crippen molar-refractivity contribution in [2.24, 2.45) is 0 Å². The van der Waals surface area contributed by atoms with Crippen LogP contribution in [0.3, 0.4) is 0 Å². The van der Waals surface area contributed by atoms with E-state index >= 15 is 0 Å². The molecule has 0 atom stereocenters. The van der Waals surface area contributed by atoms with Gasteiger partial charge < -0.3 is 10.6 Å². The normalized spacial score (nSPS) is 10.3. The molecular weight excluding hydrogens is 331 g/mol. The molecular formula is C13H12BrFN2OS. The Labute approximate surface area is 123 Å². The summed E-state index contributed by atoms with van der Waals surface area (Å²) >= 11 is 5.01. The van der Waals surface area contributed by atoms with Crippen LogP contribution in [-0.2, 0) is 11.3 Å². The molecule has 1 aromatic heterocycles. The highest BCUT2D eigenvalue weighted by molar-refractivity contribution is 9.10. The van der Waals surface area contributed by atoms with Gasteiger partial charge in [0.2, 0.25) is 5.91 Å². The van der Waals surface area contributed by atoms with Gasteiger partial charge in [-0.3, -0.25) is 4.79 Å². The maximum atomic E-state index is 13.7. The summed E-state index contributed by atoms with van der Waals surface area (Å²) in [6.07, 6.45) is 0. The van der Waals surface area contributed by atoms with Crippen LogP contribution in [0.25, 0.3) is 0 Å². The Balaban J connectivity index is 2.11. The molecule has 1 aromatic carbocycles. The number of hydrogen-bond donors (Lipinski definition) is 2. The average Bonchev–Trinajstić information content (AvgIpc) is 2.75. The lowest BCUT2D eigenvalue weighted by Crippen LogP contribution is -2.07. The van der Waals surface area contributed by atoms with Crippen LogP contribution < -0.4 is 10.6 Å². The molecule has 2 N–H and O–H groups in total. The number of rotatable bonds is 4. The molecule has 0 saturated carbocycles. The summed E-state index contributed by atoms with van der Waals surface area (Å²) in [6.45, 7) is 1.94. The van der Waals surface area contributed by atoms with Crippen molar-refractivity contribution in [1.29, 1.82) is 0 Å². The summed E-state index contributed by atoms with van der Waals surface area (Å²) in [5.74, 6) is -0.527. The van der Waals surface area contributed by atoms with Crippen molar-refractivity contribution in [1.82, 2.24) is 0 Å². The van der Waals surface area contributed by atoms with Gasteiger partial charge in [-0.05, 0) is 45.6 Å². The Bertz CT molecular complexity index is 600. The van der Waals surface area contributed by atoms with Crippen LogP contribution in [0.2, 0.25) is 0 Å². The lowest BCUT2D eigenvalue weighted by atomic mass is 10.2. The Morgan fingerprint density at radius 3 is 2.84 bits per heavy atom. The second kappa shape index (κ2) is 6.16. The summed E-state index contributed by atoms with van der Waals surface area (Å²) in [6, 6.07) is 6.39. The highest BCUT2D eigenvalue weighted by Crippen LogP contribution is 2.25. The van der Waals surface area contributed by atoms with Crippen molar-refractivity contribution in [2.45, 2.75) is 13.5 Å². The van der Waals surface area contributed by atoms with Gasteiger partial charge in [-0.1, -0.05) is 0 Å². The SMILES string of the molecule is CC(=O)Nc1ccc(F)c(NCc2sccc2Br)c1. The van der Waals surface area contributed by atoms with E-state index in [-0.39, 0.29) is 11.7 Å². The Hall–Kier alpha value is -1.40. The van der Waals surface area contributed by atoms with Crippen molar-refractivity contribution in [2.75, 3.05) is 10.6 Å². The third-order valence-electron chi connectivity index (χ3n) is 2.42. The van der Waals surface area contributed by atoms with Gasteiger partial charge in [-0.15, -0.1) is 11.3 Å². The predicted octanol–water partition coefficient (Wildman–Crippen LogP) is 4.22. The number of carbonyl (C=O) groups is 1. The van der Waals surface area contributed by atoms with Crippen molar-refractivity contribution in [3.05, 3.63) is 44.8 Å². The zero-order valence-corrected chi connectivity index (χ0v) is 12.6. The number of thiophene rings is 1. The zero-order chi connectivity index (χ0) is 13.8. The van der Waals surface area contributed by atoms with Gasteiger partial charge in [0.05, 0.1) is 12.2 Å². The maximum absolute atomic E-state index is 13.7. The number of carbonyl (C=O) groups excluding carboxylic acids is 1. The Morgan fingerprint density at radius 1 is 1.42 bits per heavy atom. The largest absolute Gasteiger partial charge is 0.378 e. The number of nitrogens with one attached hydrogen (secondary N) is 2. The first-order valence-electron chi connectivity index (χ1n) is 5.59. The third-order valence-corrected chi connectivity index (χ3v) is 4.34. The van der Waals surface area contributed by atoms with Gasteiger partial charge >= 0.3 is 0 Å². The van der Waals surface area contributed by atoms with E-state index in [2.05, 4.69) is 26.6 Å². The summed E-state index contributed by atoms with van der Waals surface area (Å²) in [7, 11) is 0. The van der Waals surface area contributed by atoms with Crippen LogP contribution >= 0.6 is 27.3 Å². The molecule has 19 heavy (non-hydrogen) atoms. The van der Waals surface area contributed by atoms with Gasteiger partial charge in [0, 0.05) is 22.0 Å².